The van der Waals surface area contributed by atoms with Gasteiger partial charge in [-0.3, -0.25) is 5.32 Å². The first-order valence-electron chi connectivity index (χ1n) is 12.1. The maximum atomic E-state index is 13.1. The first kappa shape index (κ1) is 25.0. The Kier molecular flexibility index (Phi) is 9.51. The van der Waals surface area contributed by atoms with Crippen LogP contribution in [0.4, 0.5) is 4.79 Å². The molecule has 0 aromatic heterocycles. The summed E-state index contributed by atoms with van der Waals surface area (Å²) in [5, 5.41) is 8.11. The third-order valence-electron chi connectivity index (χ3n) is 6.05. The molecule has 7 nitrogen and oxygen atoms in total. The highest BCUT2D eigenvalue weighted by atomic mass is 16.5. The molecule has 0 saturated heterocycles. The standard InChI is InChI=1S/C26H37N3O4/c1-20(2)33-23-13-11-22(12-14-23)27-17-18-28-24(30)26(15-7-4-8-16-26)29-25(31)32-19-21-9-5-3-6-10-21/h3,5-6,9-11,13-14,20,22,27H,4,7-8,12,15-19H2,1-2H3,(H,28,30)(H,29,31)/p+1. The molecular weight excluding hydrogens is 418 g/mol. The van der Waals surface area contributed by atoms with E-state index in [2.05, 4.69) is 22.8 Å². The van der Waals surface area contributed by atoms with E-state index in [1.165, 1.54) is 0 Å². The Morgan fingerprint density at radius 1 is 1.15 bits per heavy atom. The Balaban J connectivity index is 1.43. The van der Waals surface area contributed by atoms with Crippen LogP contribution in [0, 0.1) is 0 Å². The lowest BCUT2D eigenvalue weighted by atomic mass is 9.81. The van der Waals surface area contributed by atoms with E-state index in [9.17, 15) is 9.59 Å². The molecule has 2 amide bonds. The molecule has 2 aliphatic rings. The van der Waals surface area contributed by atoms with E-state index < -0.39 is 11.6 Å². The van der Waals surface area contributed by atoms with Crippen LogP contribution < -0.4 is 16.0 Å². The molecule has 0 spiro atoms. The number of hydrogen-bond donors (Lipinski definition) is 3. The fraction of sp³-hybridized carbons (Fsp3) is 0.538. The molecule has 1 aromatic carbocycles. The van der Waals surface area contributed by atoms with E-state index >= 15 is 0 Å². The monoisotopic (exact) mass is 456 g/mol. The van der Waals surface area contributed by atoms with E-state index in [-0.39, 0.29) is 24.7 Å². The fourth-order valence-electron chi connectivity index (χ4n) is 4.32. The van der Waals surface area contributed by atoms with Gasteiger partial charge in [-0.1, -0.05) is 55.7 Å². The van der Waals surface area contributed by atoms with Crippen molar-refractivity contribution in [3.63, 3.8) is 0 Å². The largest absolute Gasteiger partial charge is 0.491 e. The molecule has 33 heavy (non-hydrogen) atoms. The minimum absolute atomic E-state index is 0.00707. The second-order valence-corrected chi connectivity index (χ2v) is 9.12. The fourth-order valence-corrected chi connectivity index (χ4v) is 4.32. The van der Waals surface area contributed by atoms with Crippen molar-refractivity contribution < 1.29 is 24.4 Å². The second kappa shape index (κ2) is 12.6. The van der Waals surface area contributed by atoms with Crippen LogP contribution >= 0.6 is 0 Å². The number of alkyl carbamates (subject to hydrolysis) is 1. The van der Waals surface area contributed by atoms with Gasteiger partial charge in [0.1, 0.15) is 12.4 Å². The van der Waals surface area contributed by atoms with Crippen LogP contribution in [0.1, 0.15) is 57.9 Å². The highest BCUT2D eigenvalue weighted by Crippen LogP contribution is 2.28. The number of rotatable bonds is 10. The third kappa shape index (κ3) is 8.02. The number of nitrogens with one attached hydrogen (secondary N) is 2. The molecule has 0 aliphatic heterocycles. The van der Waals surface area contributed by atoms with Gasteiger partial charge in [-0.15, -0.1) is 0 Å². The maximum absolute atomic E-state index is 13.1. The summed E-state index contributed by atoms with van der Waals surface area (Å²) in [6.07, 6.45) is 11.0. The van der Waals surface area contributed by atoms with Gasteiger partial charge in [0.15, 0.2) is 5.54 Å². The Morgan fingerprint density at radius 2 is 1.91 bits per heavy atom. The van der Waals surface area contributed by atoms with Gasteiger partial charge < -0.3 is 20.1 Å². The molecule has 2 aliphatic carbocycles. The molecule has 1 saturated carbocycles. The van der Waals surface area contributed by atoms with Gasteiger partial charge in [0.2, 0.25) is 0 Å². The lowest BCUT2D eigenvalue weighted by molar-refractivity contribution is -0.571. The van der Waals surface area contributed by atoms with Crippen LogP contribution in [0.3, 0.4) is 0 Å². The number of amides is 2. The average molecular weight is 457 g/mol. The van der Waals surface area contributed by atoms with Crippen molar-refractivity contribution in [3.8, 4) is 0 Å². The molecule has 4 N–H and O–H groups in total. The summed E-state index contributed by atoms with van der Waals surface area (Å²) >= 11 is 0. The number of nitrogens with two attached hydrogens (primary N) is 1. The van der Waals surface area contributed by atoms with Gasteiger partial charge in [-0.05, 0) is 50.8 Å². The van der Waals surface area contributed by atoms with Gasteiger partial charge in [0.25, 0.3) is 0 Å². The molecule has 1 atom stereocenters. The van der Waals surface area contributed by atoms with Crippen molar-refractivity contribution in [2.24, 2.45) is 0 Å². The zero-order valence-electron chi connectivity index (χ0n) is 19.8. The first-order chi connectivity index (χ1) is 16.0. The predicted octanol–water partition coefficient (Wildman–Crippen LogP) is 2.93. The number of carbonyl (C=O) groups is 2. The van der Waals surface area contributed by atoms with Crippen LogP contribution in [-0.2, 0) is 20.9 Å². The van der Waals surface area contributed by atoms with E-state index in [4.69, 9.17) is 9.47 Å². The maximum Gasteiger partial charge on any atom is 0.408 e. The van der Waals surface area contributed by atoms with Crippen molar-refractivity contribution in [2.75, 3.05) is 13.1 Å². The molecular formula is C26H38N3O4+. The van der Waals surface area contributed by atoms with Crippen LogP contribution in [0.25, 0.3) is 0 Å². The molecule has 180 valence electrons. The zero-order valence-corrected chi connectivity index (χ0v) is 19.8. The average Bonchev–Trinajstić information content (AvgIpc) is 2.82. The summed E-state index contributed by atoms with van der Waals surface area (Å²) in [6, 6.07) is 9.79. The van der Waals surface area contributed by atoms with E-state index in [1.54, 1.807) is 5.32 Å². The van der Waals surface area contributed by atoms with Crippen LogP contribution in [0.2, 0.25) is 0 Å². The predicted molar refractivity (Wildman–Crippen MR) is 127 cm³/mol. The molecule has 7 heteroatoms. The summed E-state index contributed by atoms with van der Waals surface area (Å²) in [5.74, 6) is 0.904. The second-order valence-electron chi connectivity index (χ2n) is 9.12. The minimum Gasteiger partial charge on any atom is -0.491 e. The Labute approximate surface area is 197 Å². The molecule has 0 bridgehead atoms. The number of hydrogen-bond acceptors (Lipinski definition) is 5. The number of benzene rings is 1. The summed E-state index contributed by atoms with van der Waals surface area (Å²) in [5.41, 5.74) is 0.0755. The number of primary amides is 1. The van der Waals surface area contributed by atoms with Gasteiger partial charge >= 0.3 is 12.0 Å². The number of ether oxygens (including phenoxy) is 2. The number of quaternary nitrogens is 1. The van der Waals surface area contributed by atoms with Crippen molar-refractivity contribution in [1.82, 2.24) is 10.6 Å². The van der Waals surface area contributed by atoms with E-state index in [1.807, 2.05) is 50.3 Å². The topological polar surface area (TPSA) is 93.3 Å². The van der Waals surface area contributed by atoms with Gasteiger partial charge in [0, 0.05) is 12.6 Å². The van der Waals surface area contributed by atoms with Gasteiger partial charge in [-0.2, -0.15) is 0 Å². The summed E-state index contributed by atoms with van der Waals surface area (Å²) in [7, 11) is 0. The number of carbonyl (C=O) groups excluding carboxylic acids is 2. The highest BCUT2D eigenvalue weighted by molar-refractivity contribution is 5.83. The Hall–Kier alpha value is -2.64. The first-order valence-corrected chi connectivity index (χ1v) is 12.1. The molecule has 1 unspecified atom stereocenters. The number of allylic oxidation sites excluding steroid dienone is 1. The van der Waals surface area contributed by atoms with Gasteiger partial charge in [-0.25, -0.2) is 9.59 Å². The Morgan fingerprint density at radius 3 is 2.58 bits per heavy atom. The molecule has 0 radical (unpaired) electrons. The molecule has 1 fully saturated rings. The smallest absolute Gasteiger partial charge is 0.408 e. The van der Waals surface area contributed by atoms with E-state index in [0.717, 1.165) is 37.0 Å². The zero-order chi connectivity index (χ0) is 23.5. The van der Waals surface area contributed by atoms with Crippen molar-refractivity contribution in [3.05, 3.63) is 59.9 Å². The third-order valence-corrected chi connectivity index (χ3v) is 6.05. The van der Waals surface area contributed by atoms with Crippen LogP contribution in [-0.4, -0.2) is 42.8 Å². The SMILES string of the molecule is CC(C)OC1=CCC(NCC[NH2+]C(=O)C2(NC(=O)OCc3ccccc3)CCCCC2)C=C1. The van der Waals surface area contributed by atoms with Crippen molar-refractivity contribution in [1.29, 1.82) is 0 Å². The lowest BCUT2D eigenvalue weighted by Crippen LogP contribution is -2.95. The normalized spacial score (nSPS) is 19.6. The van der Waals surface area contributed by atoms with Crippen LogP contribution in [0.15, 0.2) is 54.3 Å². The van der Waals surface area contributed by atoms with Crippen molar-refractivity contribution >= 4 is 12.0 Å². The molecule has 3 rings (SSSR count). The Bertz CT molecular complexity index is 829. The van der Waals surface area contributed by atoms with E-state index in [0.29, 0.717) is 25.9 Å². The lowest BCUT2D eigenvalue weighted by Gasteiger charge is -2.33. The summed E-state index contributed by atoms with van der Waals surface area (Å²) in [4.78, 5) is 25.6. The van der Waals surface area contributed by atoms with Crippen LogP contribution in [0.5, 0.6) is 0 Å². The van der Waals surface area contributed by atoms with Crippen molar-refractivity contribution in [2.45, 2.75) is 76.7 Å². The molecule has 0 heterocycles. The minimum atomic E-state index is -0.845. The van der Waals surface area contributed by atoms with Gasteiger partial charge in [0.05, 0.1) is 12.6 Å². The summed E-state index contributed by atoms with van der Waals surface area (Å²) in [6.45, 7) is 5.54. The summed E-state index contributed by atoms with van der Waals surface area (Å²) < 4.78 is 11.1. The quantitative estimate of drug-likeness (QED) is 0.471. The molecule has 1 aromatic rings. The highest BCUT2D eigenvalue weighted by Gasteiger charge is 2.44.